The molecule has 2 amide bonds. The lowest BCUT2D eigenvalue weighted by Crippen LogP contribution is -2.27. The van der Waals surface area contributed by atoms with Crippen molar-refractivity contribution in [2.75, 3.05) is 5.32 Å². The van der Waals surface area contributed by atoms with Crippen LogP contribution in [0.4, 0.5) is 10.5 Å². The largest absolute Gasteiger partial charge is 0.444 e. The van der Waals surface area contributed by atoms with Crippen molar-refractivity contribution >= 4 is 23.7 Å². The minimum atomic E-state index is -0.724. The number of hydrogen-bond donors (Lipinski definition) is 2. The van der Waals surface area contributed by atoms with Gasteiger partial charge in [-0.1, -0.05) is 12.1 Å². The van der Waals surface area contributed by atoms with Gasteiger partial charge in [-0.2, -0.15) is 0 Å². The van der Waals surface area contributed by atoms with Gasteiger partial charge in [-0.05, 0) is 57.5 Å². The molecule has 0 aliphatic heterocycles. The zero-order valence-corrected chi connectivity index (χ0v) is 15.7. The third kappa shape index (κ3) is 5.85. The summed E-state index contributed by atoms with van der Waals surface area (Å²) in [6, 6.07) is 10.9. The molecule has 0 aliphatic rings. The van der Waals surface area contributed by atoms with Crippen LogP contribution in [0, 0.1) is 6.92 Å². The van der Waals surface area contributed by atoms with E-state index in [4.69, 9.17) is 15.2 Å². The van der Waals surface area contributed by atoms with Crippen LogP contribution >= 0.6 is 0 Å². The molecule has 2 aromatic rings. The van der Waals surface area contributed by atoms with Crippen molar-refractivity contribution in [3.05, 3.63) is 59.2 Å². The van der Waals surface area contributed by atoms with Crippen LogP contribution in [0.2, 0.25) is 0 Å². The fourth-order valence-corrected chi connectivity index (χ4v) is 2.34. The number of carbonyl (C=O) groups excluding carboxylic acids is 3. The summed E-state index contributed by atoms with van der Waals surface area (Å²) < 4.78 is 10.6. The number of nitrogens with two attached hydrogens (primary N) is 1. The summed E-state index contributed by atoms with van der Waals surface area (Å²) in [5.74, 6) is -1.23. The maximum absolute atomic E-state index is 12.4. The molecule has 0 saturated carbocycles. The van der Waals surface area contributed by atoms with Gasteiger partial charge in [0.15, 0.2) is 0 Å². The van der Waals surface area contributed by atoms with Gasteiger partial charge in [0.2, 0.25) is 5.91 Å². The zero-order chi connectivity index (χ0) is 20.2. The van der Waals surface area contributed by atoms with E-state index in [1.165, 1.54) is 18.2 Å². The fraction of sp³-hybridized carbons (Fsp3) is 0.250. The minimum Gasteiger partial charge on any atom is -0.444 e. The molecule has 0 radical (unpaired) electrons. The van der Waals surface area contributed by atoms with E-state index in [2.05, 4.69) is 5.32 Å². The SMILES string of the molecule is Cc1cc(NC(=O)OC(C)(C)C)cc(OC(=O)c2ccccc2C(N)=O)c1. The summed E-state index contributed by atoms with van der Waals surface area (Å²) >= 11 is 0. The Kier molecular flexibility index (Phi) is 5.85. The number of nitrogens with one attached hydrogen (secondary N) is 1. The molecule has 0 saturated heterocycles. The second kappa shape index (κ2) is 7.90. The number of aryl methyl sites for hydroxylation is 1. The number of ether oxygens (including phenoxy) is 2. The molecule has 0 fully saturated rings. The van der Waals surface area contributed by atoms with Crippen molar-refractivity contribution in [1.29, 1.82) is 0 Å². The van der Waals surface area contributed by atoms with Crippen LogP contribution in [0.5, 0.6) is 5.75 Å². The summed E-state index contributed by atoms with van der Waals surface area (Å²) in [5.41, 5.74) is 5.96. The van der Waals surface area contributed by atoms with Gasteiger partial charge in [-0.25, -0.2) is 9.59 Å². The van der Waals surface area contributed by atoms with Gasteiger partial charge in [0.05, 0.1) is 11.1 Å². The first kappa shape index (κ1) is 20.0. The lowest BCUT2D eigenvalue weighted by Gasteiger charge is -2.20. The van der Waals surface area contributed by atoms with Crippen molar-refractivity contribution in [1.82, 2.24) is 0 Å². The number of rotatable bonds is 4. The highest BCUT2D eigenvalue weighted by Gasteiger charge is 2.18. The van der Waals surface area contributed by atoms with Crippen LogP contribution in [0.1, 0.15) is 47.1 Å². The monoisotopic (exact) mass is 370 g/mol. The van der Waals surface area contributed by atoms with Crippen LogP contribution in [0.25, 0.3) is 0 Å². The molecule has 7 heteroatoms. The van der Waals surface area contributed by atoms with Crippen LogP contribution in [0.3, 0.4) is 0 Å². The number of carbonyl (C=O) groups is 3. The van der Waals surface area contributed by atoms with E-state index in [1.807, 2.05) is 0 Å². The van der Waals surface area contributed by atoms with Gasteiger partial charge in [-0.15, -0.1) is 0 Å². The molecule has 0 bridgehead atoms. The number of benzene rings is 2. The number of primary amides is 1. The molecule has 27 heavy (non-hydrogen) atoms. The van der Waals surface area contributed by atoms with E-state index >= 15 is 0 Å². The topological polar surface area (TPSA) is 108 Å². The van der Waals surface area contributed by atoms with Crippen LogP contribution in [-0.2, 0) is 4.74 Å². The van der Waals surface area contributed by atoms with Gasteiger partial charge in [0.25, 0.3) is 0 Å². The molecule has 2 aromatic carbocycles. The Morgan fingerprint density at radius 2 is 1.63 bits per heavy atom. The highest BCUT2D eigenvalue weighted by molar-refractivity contribution is 6.05. The van der Waals surface area contributed by atoms with E-state index in [0.29, 0.717) is 5.69 Å². The van der Waals surface area contributed by atoms with Crippen molar-refractivity contribution in [2.24, 2.45) is 5.73 Å². The third-order valence-electron chi connectivity index (χ3n) is 3.32. The number of anilines is 1. The molecule has 3 N–H and O–H groups in total. The highest BCUT2D eigenvalue weighted by atomic mass is 16.6. The van der Waals surface area contributed by atoms with E-state index < -0.39 is 23.6 Å². The summed E-state index contributed by atoms with van der Waals surface area (Å²) in [5, 5.41) is 2.60. The summed E-state index contributed by atoms with van der Waals surface area (Å²) in [7, 11) is 0. The summed E-state index contributed by atoms with van der Waals surface area (Å²) in [6.45, 7) is 7.06. The van der Waals surface area contributed by atoms with Crippen molar-refractivity contribution in [2.45, 2.75) is 33.3 Å². The van der Waals surface area contributed by atoms with Gasteiger partial charge in [0.1, 0.15) is 11.4 Å². The first-order valence-electron chi connectivity index (χ1n) is 8.28. The second-order valence-corrected chi connectivity index (χ2v) is 6.96. The quantitative estimate of drug-likeness (QED) is 0.631. The van der Waals surface area contributed by atoms with Gasteiger partial charge >= 0.3 is 12.1 Å². The predicted molar refractivity (Wildman–Crippen MR) is 101 cm³/mol. The Labute approximate surface area is 157 Å². The van der Waals surface area contributed by atoms with Crippen molar-refractivity contribution < 1.29 is 23.9 Å². The first-order valence-corrected chi connectivity index (χ1v) is 8.28. The van der Waals surface area contributed by atoms with Crippen molar-refractivity contribution in [3.63, 3.8) is 0 Å². The smallest absolute Gasteiger partial charge is 0.412 e. The minimum absolute atomic E-state index is 0.0631. The number of amides is 2. The predicted octanol–water partition coefficient (Wildman–Crippen LogP) is 3.66. The second-order valence-electron chi connectivity index (χ2n) is 6.96. The Morgan fingerprint density at radius 3 is 2.22 bits per heavy atom. The Bertz CT molecular complexity index is 884. The Morgan fingerprint density at radius 1 is 1.00 bits per heavy atom. The average molecular weight is 370 g/mol. The molecule has 0 spiro atoms. The average Bonchev–Trinajstić information content (AvgIpc) is 2.52. The molecule has 0 atom stereocenters. The standard InChI is InChI=1S/C20H22N2O5/c1-12-9-13(22-19(25)27-20(2,3)4)11-14(10-12)26-18(24)16-8-6-5-7-15(16)17(21)23/h5-11H,1-4H3,(H2,21,23)(H,22,25). The summed E-state index contributed by atoms with van der Waals surface area (Å²) in [4.78, 5) is 35.8. The van der Waals surface area contributed by atoms with Gasteiger partial charge in [0, 0.05) is 11.8 Å². The normalized spacial score (nSPS) is 10.8. The molecular weight excluding hydrogens is 348 g/mol. The Balaban J connectivity index is 2.20. The van der Waals surface area contributed by atoms with Crippen molar-refractivity contribution in [3.8, 4) is 5.75 Å². The van der Waals surface area contributed by atoms with E-state index in [1.54, 1.807) is 52.0 Å². The lowest BCUT2D eigenvalue weighted by molar-refractivity contribution is 0.0635. The van der Waals surface area contributed by atoms with Crippen LogP contribution in [-0.4, -0.2) is 23.6 Å². The van der Waals surface area contributed by atoms with E-state index in [9.17, 15) is 14.4 Å². The molecule has 2 rings (SSSR count). The van der Waals surface area contributed by atoms with Crippen LogP contribution in [0.15, 0.2) is 42.5 Å². The van der Waals surface area contributed by atoms with E-state index in [0.717, 1.165) is 5.56 Å². The molecule has 7 nitrogen and oxygen atoms in total. The zero-order valence-electron chi connectivity index (χ0n) is 15.7. The van der Waals surface area contributed by atoms with Crippen LogP contribution < -0.4 is 15.8 Å². The maximum Gasteiger partial charge on any atom is 0.412 e. The fourth-order valence-electron chi connectivity index (χ4n) is 2.34. The third-order valence-corrected chi connectivity index (χ3v) is 3.32. The molecule has 0 aliphatic carbocycles. The summed E-state index contributed by atoms with van der Waals surface area (Å²) in [6.07, 6.45) is -0.621. The van der Waals surface area contributed by atoms with Gasteiger partial charge < -0.3 is 15.2 Å². The van der Waals surface area contributed by atoms with Gasteiger partial charge in [-0.3, -0.25) is 10.1 Å². The molecule has 0 heterocycles. The number of esters is 1. The van der Waals surface area contributed by atoms with E-state index in [-0.39, 0.29) is 16.9 Å². The highest BCUT2D eigenvalue weighted by Crippen LogP contribution is 2.23. The lowest BCUT2D eigenvalue weighted by atomic mass is 10.1. The first-order chi connectivity index (χ1) is 12.5. The molecule has 0 unspecified atom stereocenters. The maximum atomic E-state index is 12.4. The molecule has 142 valence electrons. The Hall–Kier alpha value is -3.35. The molecule has 0 aromatic heterocycles. The number of hydrogen-bond acceptors (Lipinski definition) is 5. The molecular formula is C20H22N2O5.